The van der Waals surface area contributed by atoms with E-state index in [0.717, 1.165) is 24.4 Å². The van der Waals surface area contributed by atoms with Crippen LogP contribution in [0.4, 0.5) is 5.82 Å². The molecule has 1 saturated heterocycles. The molecule has 1 aromatic heterocycles. The number of rotatable bonds is 7. The summed E-state index contributed by atoms with van der Waals surface area (Å²) in [5.41, 5.74) is 2.35. The van der Waals surface area contributed by atoms with Gasteiger partial charge < -0.3 is 9.64 Å². The van der Waals surface area contributed by atoms with Crippen LogP contribution in [0, 0.1) is 13.8 Å². The van der Waals surface area contributed by atoms with Gasteiger partial charge in [0.05, 0.1) is 6.54 Å². The molecule has 1 fully saturated rings. The van der Waals surface area contributed by atoms with Gasteiger partial charge in [0, 0.05) is 26.3 Å². The maximum absolute atomic E-state index is 12.6. The zero-order valence-electron chi connectivity index (χ0n) is 16.2. The maximum atomic E-state index is 12.6. The van der Waals surface area contributed by atoms with E-state index in [2.05, 4.69) is 11.1 Å². The third kappa shape index (κ3) is 4.78. The molecule has 7 heteroatoms. The molecule has 0 N–H and O–H groups in total. The fourth-order valence-electron chi connectivity index (χ4n) is 3.26. The van der Waals surface area contributed by atoms with Crippen LogP contribution in [0.5, 0.6) is 5.75 Å². The number of aryl methyl sites for hydroxylation is 2. The number of nitrogens with zero attached hydrogens (tertiary/aromatic N) is 3. The van der Waals surface area contributed by atoms with Crippen molar-refractivity contribution in [1.82, 2.24) is 9.29 Å². The first-order chi connectivity index (χ1) is 12.9. The van der Waals surface area contributed by atoms with Gasteiger partial charge in [-0.3, -0.25) is 0 Å². The first kappa shape index (κ1) is 19.6. The normalized spacial score (nSPS) is 15.1. The Bertz CT molecular complexity index is 856. The van der Waals surface area contributed by atoms with Crippen molar-refractivity contribution < 1.29 is 13.2 Å². The molecule has 27 heavy (non-hydrogen) atoms. The van der Waals surface area contributed by atoms with Crippen molar-refractivity contribution in [3.8, 4) is 5.75 Å². The van der Waals surface area contributed by atoms with Gasteiger partial charge >= 0.3 is 0 Å². The van der Waals surface area contributed by atoms with Crippen LogP contribution in [-0.2, 0) is 10.0 Å². The minimum absolute atomic E-state index is 0.257. The zero-order chi connectivity index (χ0) is 19.4. The molecule has 1 aliphatic rings. The summed E-state index contributed by atoms with van der Waals surface area (Å²) < 4.78 is 32.5. The second-order valence-corrected chi connectivity index (χ2v) is 8.99. The molecule has 0 spiro atoms. The number of hydrogen-bond acceptors (Lipinski definition) is 5. The number of hydrogen-bond donors (Lipinski definition) is 0. The second-order valence-electron chi connectivity index (χ2n) is 7.06. The lowest BCUT2D eigenvalue weighted by atomic mass is 10.1. The molecule has 3 rings (SSSR count). The van der Waals surface area contributed by atoms with Crippen molar-refractivity contribution in [1.29, 1.82) is 0 Å². The monoisotopic (exact) mass is 389 g/mol. The summed E-state index contributed by atoms with van der Waals surface area (Å²) in [6, 6.07) is 9.53. The second kappa shape index (κ2) is 8.27. The third-order valence-corrected chi connectivity index (χ3v) is 6.59. The standard InChI is InChI=1S/C20H27N3O3S/c1-16-12-17(2)14-18(13-16)26-11-10-22(3)20-7-6-19(15-21-20)27(24,25)23-8-4-5-9-23/h6-7,12-15H,4-5,8-11H2,1-3H3. The molecule has 1 aromatic carbocycles. The van der Waals surface area contributed by atoms with Crippen LogP contribution in [0.3, 0.4) is 0 Å². The third-order valence-electron chi connectivity index (χ3n) is 4.71. The summed E-state index contributed by atoms with van der Waals surface area (Å²) in [7, 11) is -1.50. The molecular weight excluding hydrogens is 362 g/mol. The number of pyridine rings is 1. The molecule has 1 aliphatic heterocycles. The molecule has 6 nitrogen and oxygen atoms in total. The van der Waals surface area contributed by atoms with Gasteiger partial charge in [0.15, 0.2) is 0 Å². The number of likely N-dealkylation sites (N-methyl/N-ethyl adjacent to an activating group) is 1. The summed E-state index contributed by atoms with van der Waals surface area (Å²) in [6.07, 6.45) is 3.30. The Morgan fingerprint density at radius 2 is 1.78 bits per heavy atom. The minimum atomic E-state index is -3.41. The fourth-order valence-corrected chi connectivity index (χ4v) is 4.72. The van der Waals surface area contributed by atoms with Crippen LogP contribution < -0.4 is 9.64 Å². The Balaban J connectivity index is 1.58. The van der Waals surface area contributed by atoms with Gasteiger partial charge in [-0.15, -0.1) is 0 Å². The molecule has 0 amide bonds. The summed E-state index contributed by atoms with van der Waals surface area (Å²) in [6.45, 7) is 6.47. The first-order valence-corrected chi connectivity index (χ1v) is 10.7. The van der Waals surface area contributed by atoms with Crippen molar-refractivity contribution in [3.05, 3.63) is 47.7 Å². The van der Waals surface area contributed by atoms with Gasteiger partial charge in [-0.2, -0.15) is 4.31 Å². The van der Waals surface area contributed by atoms with E-state index in [-0.39, 0.29) is 4.90 Å². The van der Waals surface area contributed by atoms with E-state index >= 15 is 0 Å². The summed E-state index contributed by atoms with van der Waals surface area (Å²) in [4.78, 5) is 6.55. The lowest BCUT2D eigenvalue weighted by Gasteiger charge is -2.20. The molecule has 0 bridgehead atoms. The summed E-state index contributed by atoms with van der Waals surface area (Å²) in [5.74, 6) is 1.58. The van der Waals surface area contributed by atoms with Gasteiger partial charge in [0.25, 0.3) is 0 Å². The van der Waals surface area contributed by atoms with E-state index in [1.54, 1.807) is 12.1 Å². The SMILES string of the molecule is Cc1cc(C)cc(OCCN(C)c2ccc(S(=O)(=O)N3CCCC3)cn2)c1. The number of ether oxygens (including phenoxy) is 1. The van der Waals surface area contributed by atoms with Crippen molar-refractivity contribution in [3.63, 3.8) is 0 Å². The van der Waals surface area contributed by atoms with Gasteiger partial charge in [-0.25, -0.2) is 13.4 Å². The van der Waals surface area contributed by atoms with E-state index in [1.807, 2.05) is 37.9 Å². The predicted molar refractivity (Wildman–Crippen MR) is 107 cm³/mol. The topological polar surface area (TPSA) is 62.7 Å². The average molecular weight is 390 g/mol. The maximum Gasteiger partial charge on any atom is 0.244 e. The molecule has 146 valence electrons. The summed E-state index contributed by atoms with van der Waals surface area (Å²) >= 11 is 0. The Hall–Kier alpha value is -2.12. The minimum Gasteiger partial charge on any atom is -0.492 e. The molecule has 2 heterocycles. The Morgan fingerprint density at radius 3 is 2.37 bits per heavy atom. The quantitative estimate of drug-likeness (QED) is 0.728. The zero-order valence-corrected chi connectivity index (χ0v) is 17.0. The van der Waals surface area contributed by atoms with Crippen molar-refractivity contribution >= 4 is 15.8 Å². The van der Waals surface area contributed by atoms with Crippen molar-refractivity contribution in [2.45, 2.75) is 31.6 Å². The van der Waals surface area contributed by atoms with Gasteiger partial charge in [-0.05, 0) is 62.1 Å². The summed E-state index contributed by atoms with van der Waals surface area (Å²) in [5, 5.41) is 0. The van der Waals surface area contributed by atoms with Crippen LogP contribution >= 0.6 is 0 Å². The number of aromatic nitrogens is 1. The van der Waals surface area contributed by atoms with Crippen LogP contribution in [0.2, 0.25) is 0 Å². The molecule has 0 aliphatic carbocycles. The van der Waals surface area contributed by atoms with Crippen LogP contribution in [-0.4, -0.2) is 51.0 Å². The van der Waals surface area contributed by atoms with Crippen LogP contribution in [0.1, 0.15) is 24.0 Å². The Kier molecular flexibility index (Phi) is 6.01. The van der Waals surface area contributed by atoms with Gasteiger partial charge in [0.2, 0.25) is 10.0 Å². The lowest BCUT2D eigenvalue weighted by Crippen LogP contribution is -2.28. The smallest absolute Gasteiger partial charge is 0.244 e. The predicted octanol–water partition coefficient (Wildman–Crippen LogP) is 3.00. The number of benzene rings is 1. The molecule has 0 radical (unpaired) electrons. The highest BCUT2D eigenvalue weighted by atomic mass is 32.2. The number of anilines is 1. The highest BCUT2D eigenvalue weighted by molar-refractivity contribution is 7.89. The highest BCUT2D eigenvalue weighted by Crippen LogP contribution is 2.22. The highest BCUT2D eigenvalue weighted by Gasteiger charge is 2.27. The van der Waals surface area contributed by atoms with Crippen LogP contribution in [0.25, 0.3) is 0 Å². The van der Waals surface area contributed by atoms with E-state index in [4.69, 9.17) is 4.74 Å². The average Bonchev–Trinajstić information content (AvgIpc) is 3.16. The Morgan fingerprint density at radius 1 is 1.11 bits per heavy atom. The molecular formula is C20H27N3O3S. The van der Waals surface area contributed by atoms with Crippen molar-refractivity contribution in [2.75, 3.05) is 38.2 Å². The van der Waals surface area contributed by atoms with E-state index in [0.29, 0.717) is 26.2 Å². The largest absolute Gasteiger partial charge is 0.492 e. The number of sulfonamides is 1. The fraction of sp³-hybridized carbons (Fsp3) is 0.450. The van der Waals surface area contributed by atoms with E-state index in [1.165, 1.54) is 21.6 Å². The van der Waals surface area contributed by atoms with E-state index in [9.17, 15) is 8.42 Å². The van der Waals surface area contributed by atoms with Gasteiger partial charge in [-0.1, -0.05) is 6.07 Å². The molecule has 0 atom stereocenters. The van der Waals surface area contributed by atoms with Crippen molar-refractivity contribution in [2.24, 2.45) is 0 Å². The van der Waals surface area contributed by atoms with Gasteiger partial charge in [0.1, 0.15) is 23.1 Å². The first-order valence-electron chi connectivity index (χ1n) is 9.25. The molecule has 0 saturated carbocycles. The lowest BCUT2D eigenvalue weighted by molar-refractivity contribution is 0.325. The van der Waals surface area contributed by atoms with Crippen LogP contribution in [0.15, 0.2) is 41.4 Å². The Labute approximate surface area is 161 Å². The van der Waals surface area contributed by atoms with E-state index < -0.39 is 10.0 Å². The molecule has 0 unspecified atom stereocenters. The molecule has 2 aromatic rings.